The van der Waals surface area contributed by atoms with E-state index in [1.807, 2.05) is 18.7 Å². The number of aromatic nitrogens is 1. The van der Waals surface area contributed by atoms with E-state index < -0.39 is 0 Å². The Bertz CT molecular complexity index is 516. The molecular formula is C13H18ClN3O2S. The minimum absolute atomic E-state index is 0.0801. The van der Waals surface area contributed by atoms with E-state index in [4.69, 9.17) is 11.6 Å². The van der Waals surface area contributed by atoms with Gasteiger partial charge in [-0.1, -0.05) is 25.2 Å². The van der Waals surface area contributed by atoms with Crippen molar-refractivity contribution in [2.24, 2.45) is 5.92 Å². The number of anilines is 1. The highest BCUT2D eigenvalue weighted by Crippen LogP contribution is 2.28. The van der Waals surface area contributed by atoms with E-state index in [0.29, 0.717) is 30.6 Å². The van der Waals surface area contributed by atoms with Crippen LogP contribution in [0.3, 0.4) is 0 Å². The van der Waals surface area contributed by atoms with Crippen LogP contribution >= 0.6 is 22.9 Å². The molecule has 0 fully saturated rings. The van der Waals surface area contributed by atoms with E-state index in [-0.39, 0.29) is 17.7 Å². The zero-order chi connectivity index (χ0) is 14.7. The number of nitrogens with one attached hydrogen (secondary N) is 1. The maximum Gasteiger partial charge on any atom is 0.241 e. The highest BCUT2D eigenvalue weighted by molar-refractivity contribution is 7.15. The fourth-order valence-electron chi connectivity index (χ4n) is 2.09. The highest BCUT2D eigenvalue weighted by Gasteiger charge is 2.24. The normalized spacial score (nSPS) is 14.3. The zero-order valence-electron chi connectivity index (χ0n) is 11.6. The molecule has 0 aromatic carbocycles. The molecule has 0 atom stereocenters. The molecule has 1 aliphatic heterocycles. The molecule has 5 nitrogen and oxygen atoms in total. The van der Waals surface area contributed by atoms with E-state index in [1.165, 1.54) is 11.3 Å². The molecule has 110 valence electrons. The second kappa shape index (κ2) is 6.54. The van der Waals surface area contributed by atoms with Crippen LogP contribution in [0.25, 0.3) is 0 Å². The summed E-state index contributed by atoms with van der Waals surface area (Å²) in [5.41, 5.74) is 0.980. The molecule has 1 aliphatic rings. The third-order valence-electron chi connectivity index (χ3n) is 3.03. The van der Waals surface area contributed by atoms with Gasteiger partial charge in [0.1, 0.15) is 5.88 Å². The lowest BCUT2D eigenvalue weighted by molar-refractivity contribution is -0.132. The topological polar surface area (TPSA) is 62.3 Å². The van der Waals surface area contributed by atoms with Gasteiger partial charge in [-0.2, -0.15) is 0 Å². The third kappa shape index (κ3) is 3.70. The van der Waals surface area contributed by atoms with Crippen LogP contribution in [0.5, 0.6) is 0 Å². The first-order chi connectivity index (χ1) is 9.49. The summed E-state index contributed by atoms with van der Waals surface area (Å²) in [5, 5.41) is 3.23. The van der Waals surface area contributed by atoms with Gasteiger partial charge in [-0.25, -0.2) is 4.98 Å². The molecule has 0 radical (unpaired) electrons. The molecule has 2 amide bonds. The Morgan fingerprint density at radius 3 is 2.90 bits per heavy atom. The van der Waals surface area contributed by atoms with Crippen LogP contribution in [0.15, 0.2) is 0 Å². The van der Waals surface area contributed by atoms with Crippen LogP contribution < -0.4 is 5.32 Å². The van der Waals surface area contributed by atoms with Crippen molar-refractivity contribution in [3.63, 3.8) is 0 Å². The number of thiazole rings is 1. The summed E-state index contributed by atoms with van der Waals surface area (Å²) in [7, 11) is 0. The molecule has 0 aliphatic carbocycles. The lowest BCUT2D eigenvalue weighted by atomic mass is 10.1. The Balaban J connectivity index is 2.03. The molecular weight excluding hydrogens is 298 g/mol. The highest BCUT2D eigenvalue weighted by atomic mass is 35.5. The van der Waals surface area contributed by atoms with Crippen molar-refractivity contribution in [2.45, 2.75) is 33.2 Å². The Kier molecular flexibility index (Phi) is 4.99. The van der Waals surface area contributed by atoms with Crippen molar-refractivity contribution < 1.29 is 9.59 Å². The predicted molar refractivity (Wildman–Crippen MR) is 80.0 cm³/mol. The summed E-state index contributed by atoms with van der Waals surface area (Å²) in [6.07, 6.45) is 1.32. The minimum Gasteiger partial charge on any atom is -0.337 e. The van der Waals surface area contributed by atoms with E-state index in [9.17, 15) is 9.59 Å². The van der Waals surface area contributed by atoms with Gasteiger partial charge in [-0.05, 0) is 5.92 Å². The average molecular weight is 316 g/mol. The van der Waals surface area contributed by atoms with Crippen molar-refractivity contribution in [3.8, 4) is 0 Å². The quantitative estimate of drug-likeness (QED) is 0.867. The minimum atomic E-state index is -0.259. The van der Waals surface area contributed by atoms with Gasteiger partial charge in [0.2, 0.25) is 11.8 Å². The number of rotatable bonds is 4. The number of amides is 2. The largest absolute Gasteiger partial charge is 0.337 e. The maximum absolute atomic E-state index is 12.1. The predicted octanol–water partition coefficient (Wildman–Crippen LogP) is 2.25. The Morgan fingerprint density at radius 2 is 2.25 bits per heavy atom. The number of carbonyl (C=O) groups is 2. The lowest BCUT2D eigenvalue weighted by Gasteiger charge is -2.26. The molecule has 20 heavy (non-hydrogen) atoms. The summed E-state index contributed by atoms with van der Waals surface area (Å²) in [6.45, 7) is 5.38. The third-order valence-corrected chi connectivity index (χ3v) is 4.28. The Labute approximate surface area is 127 Å². The molecule has 1 aromatic rings. The number of alkyl halides is 1. The van der Waals surface area contributed by atoms with E-state index in [1.54, 1.807) is 0 Å². The molecule has 0 unspecified atom stereocenters. The number of hydrogen-bond donors (Lipinski definition) is 1. The van der Waals surface area contributed by atoms with Crippen LogP contribution in [-0.2, 0) is 22.6 Å². The SMILES string of the molecule is CC(C)CC(=O)N1CCc2nc(NC(=O)CCl)sc2C1. The molecule has 2 rings (SSSR count). The second-order valence-corrected chi connectivity index (χ2v) is 6.58. The number of fused-ring (bicyclic) bond motifs is 1. The Hall–Kier alpha value is -1.14. The molecule has 0 bridgehead atoms. The Morgan fingerprint density at radius 1 is 1.50 bits per heavy atom. The van der Waals surface area contributed by atoms with Crippen molar-refractivity contribution in [1.82, 2.24) is 9.88 Å². The van der Waals surface area contributed by atoms with Gasteiger partial charge in [-0.15, -0.1) is 11.6 Å². The monoisotopic (exact) mass is 315 g/mol. The summed E-state index contributed by atoms with van der Waals surface area (Å²) >= 11 is 6.88. The first-order valence-electron chi connectivity index (χ1n) is 6.61. The van der Waals surface area contributed by atoms with Gasteiger partial charge in [0.25, 0.3) is 0 Å². The van der Waals surface area contributed by atoms with Gasteiger partial charge in [0, 0.05) is 24.3 Å². The van der Waals surface area contributed by atoms with Crippen LogP contribution in [0.4, 0.5) is 5.13 Å². The van der Waals surface area contributed by atoms with Gasteiger partial charge >= 0.3 is 0 Å². The smallest absolute Gasteiger partial charge is 0.241 e. The molecule has 7 heteroatoms. The van der Waals surface area contributed by atoms with Gasteiger partial charge in [-0.3, -0.25) is 9.59 Å². The molecule has 0 saturated heterocycles. The summed E-state index contributed by atoms with van der Waals surface area (Å²) in [4.78, 5) is 30.6. The maximum atomic E-state index is 12.1. The lowest BCUT2D eigenvalue weighted by Crippen LogP contribution is -2.36. The molecule has 0 spiro atoms. The number of carbonyl (C=O) groups excluding carboxylic acids is 2. The van der Waals surface area contributed by atoms with Gasteiger partial charge < -0.3 is 10.2 Å². The summed E-state index contributed by atoms with van der Waals surface area (Å²) in [6, 6.07) is 0. The van der Waals surface area contributed by atoms with Crippen molar-refractivity contribution >= 4 is 39.9 Å². The molecule has 2 heterocycles. The van der Waals surface area contributed by atoms with Crippen molar-refractivity contribution in [3.05, 3.63) is 10.6 Å². The first kappa shape index (κ1) is 15.3. The van der Waals surface area contributed by atoms with Crippen molar-refractivity contribution in [2.75, 3.05) is 17.7 Å². The van der Waals surface area contributed by atoms with Gasteiger partial charge in [0.05, 0.1) is 12.2 Å². The van der Waals surface area contributed by atoms with Crippen LogP contribution in [-0.4, -0.2) is 34.1 Å². The molecule has 1 N–H and O–H groups in total. The fourth-order valence-corrected chi connectivity index (χ4v) is 3.20. The number of nitrogens with zero attached hydrogens (tertiary/aromatic N) is 2. The zero-order valence-corrected chi connectivity index (χ0v) is 13.2. The second-order valence-electron chi connectivity index (χ2n) is 5.23. The summed E-state index contributed by atoms with van der Waals surface area (Å²) in [5.74, 6) is 0.211. The van der Waals surface area contributed by atoms with E-state index >= 15 is 0 Å². The number of hydrogen-bond acceptors (Lipinski definition) is 4. The van der Waals surface area contributed by atoms with E-state index in [0.717, 1.165) is 17.0 Å². The van der Waals surface area contributed by atoms with Crippen molar-refractivity contribution in [1.29, 1.82) is 0 Å². The summed E-state index contributed by atoms with van der Waals surface area (Å²) < 4.78 is 0. The fraction of sp³-hybridized carbons (Fsp3) is 0.615. The van der Waals surface area contributed by atoms with Crippen LogP contribution in [0.2, 0.25) is 0 Å². The number of halogens is 1. The molecule has 1 aromatic heterocycles. The average Bonchev–Trinajstić information content (AvgIpc) is 2.78. The van der Waals surface area contributed by atoms with Gasteiger partial charge in [0.15, 0.2) is 5.13 Å². The first-order valence-corrected chi connectivity index (χ1v) is 7.97. The van der Waals surface area contributed by atoms with Crippen LogP contribution in [0, 0.1) is 5.92 Å². The molecule has 0 saturated carbocycles. The van der Waals surface area contributed by atoms with Crippen LogP contribution in [0.1, 0.15) is 30.8 Å². The van der Waals surface area contributed by atoms with E-state index in [2.05, 4.69) is 10.3 Å². The standard InChI is InChI=1S/C13H18ClN3O2S/c1-8(2)5-12(19)17-4-3-9-10(7-17)20-13(15-9)16-11(18)6-14/h8H,3-7H2,1-2H3,(H,15,16,18).